The molecule has 2 heterocycles. The van der Waals surface area contributed by atoms with Gasteiger partial charge in [-0.05, 0) is 31.5 Å². The average Bonchev–Trinajstić information content (AvgIpc) is 2.20. The summed E-state index contributed by atoms with van der Waals surface area (Å²) in [7, 11) is 0. The van der Waals surface area contributed by atoms with Gasteiger partial charge in [0.05, 0.1) is 11.4 Å². The van der Waals surface area contributed by atoms with Gasteiger partial charge in [-0.1, -0.05) is 0 Å². The van der Waals surface area contributed by atoms with Crippen LogP contribution in [0.4, 0.5) is 5.95 Å². The maximum atomic E-state index is 5.71. The molecule has 7 heteroatoms. The predicted molar refractivity (Wildman–Crippen MR) is 59.7 cm³/mol. The number of halogens is 1. The summed E-state index contributed by atoms with van der Waals surface area (Å²) >= 11 is 5.71. The van der Waals surface area contributed by atoms with Crippen molar-refractivity contribution >= 4 is 17.5 Å². The van der Waals surface area contributed by atoms with E-state index < -0.39 is 0 Å². The molecule has 0 radical (unpaired) electrons. The van der Waals surface area contributed by atoms with Crippen LogP contribution in [0.3, 0.4) is 0 Å². The van der Waals surface area contributed by atoms with Gasteiger partial charge in [-0.25, -0.2) is 0 Å². The Morgan fingerprint density at radius 1 is 1.12 bits per heavy atom. The lowest BCUT2D eigenvalue weighted by Gasteiger charge is -2.04. The lowest BCUT2D eigenvalue weighted by molar-refractivity contribution is 0.935. The minimum atomic E-state index is 0.0661. The van der Waals surface area contributed by atoms with Crippen molar-refractivity contribution in [2.45, 2.75) is 13.8 Å². The first-order chi connectivity index (χ1) is 7.56. The highest BCUT2D eigenvalue weighted by molar-refractivity contribution is 6.28. The van der Waals surface area contributed by atoms with Crippen molar-refractivity contribution in [3.05, 3.63) is 22.7 Å². The first-order valence-corrected chi connectivity index (χ1v) is 4.92. The highest BCUT2D eigenvalue weighted by Crippen LogP contribution is 2.19. The quantitative estimate of drug-likeness (QED) is 0.800. The Morgan fingerprint density at radius 3 is 2.56 bits per heavy atom. The zero-order chi connectivity index (χ0) is 11.7. The van der Waals surface area contributed by atoms with Gasteiger partial charge in [0.1, 0.15) is 0 Å². The first-order valence-electron chi connectivity index (χ1n) is 4.54. The number of hydrogen-bond donors (Lipinski definition) is 1. The maximum Gasteiger partial charge on any atom is 0.227 e. The fraction of sp³-hybridized carbons (Fsp3) is 0.222. The SMILES string of the molecule is Cc1cc(-c2nc(N)nc(Cl)n2)c(C)nn1. The largest absolute Gasteiger partial charge is 0.368 e. The van der Waals surface area contributed by atoms with E-state index in [2.05, 4.69) is 25.1 Å². The Balaban J connectivity index is 2.62. The molecule has 0 fully saturated rings. The van der Waals surface area contributed by atoms with Crippen molar-refractivity contribution in [1.29, 1.82) is 0 Å². The van der Waals surface area contributed by atoms with E-state index in [4.69, 9.17) is 17.3 Å². The molecule has 0 aliphatic rings. The minimum Gasteiger partial charge on any atom is -0.368 e. The van der Waals surface area contributed by atoms with E-state index >= 15 is 0 Å². The van der Waals surface area contributed by atoms with Crippen molar-refractivity contribution in [3.8, 4) is 11.4 Å². The molecule has 82 valence electrons. The van der Waals surface area contributed by atoms with Crippen molar-refractivity contribution < 1.29 is 0 Å². The molecule has 2 aromatic rings. The number of nitrogen functional groups attached to an aromatic ring is 1. The van der Waals surface area contributed by atoms with Crippen LogP contribution in [0.5, 0.6) is 0 Å². The van der Waals surface area contributed by atoms with Crippen molar-refractivity contribution in [3.63, 3.8) is 0 Å². The van der Waals surface area contributed by atoms with Crippen LogP contribution in [0.1, 0.15) is 11.4 Å². The normalized spacial score (nSPS) is 10.4. The van der Waals surface area contributed by atoms with E-state index in [-0.39, 0.29) is 11.2 Å². The van der Waals surface area contributed by atoms with Gasteiger partial charge >= 0.3 is 0 Å². The lowest BCUT2D eigenvalue weighted by atomic mass is 10.2. The second-order valence-electron chi connectivity index (χ2n) is 3.27. The molecule has 0 aromatic carbocycles. The van der Waals surface area contributed by atoms with Gasteiger partial charge in [-0.3, -0.25) is 0 Å². The number of nitrogens with zero attached hydrogens (tertiary/aromatic N) is 5. The van der Waals surface area contributed by atoms with Crippen LogP contribution in [0.25, 0.3) is 11.4 Å². The van der Waals surface area contributed by atoms with Gasteiger partial charge in [0, 0.05) is 5.56 Å². The van der Waals surface area contributed by atoms with Crippen LogP contribution in [-0.2, 0) is 0 Å². The number of anilines is 1. The van der Waals surface area contributed by atoms with Crippen LogP contribution in [-0.4, -0.2) is 25.1 Å². The monoisotopic (exact) mass is 236 g/mol. The summed E-state index contributed by atoms with van der Waals surface area (Å²) in [6.45, 7) is 3.65. The zero-order valence-corrected chi connectivity index (χ0v) is 9.52. The van der Waals surface area contributed by atoms with Crippen LogP contribution < -0.4 is 5.73 Å². The van der Waals surface area contributed by atoms with E-state index in [1.165, 1.54) is 0 Å². The van der Waals surface area contributed by atoms with Crippen molar-refractivity contribution in [2.24, 2.45) is 0 Å². The third-order valence-corrected chi connectivity index (χ3v) is 2.14. The van der Waals surface area contributed by atoms with Crippen LogP contribution in [0, 0.1) is 13.8 Å². The molecule has 0 aliphatic carbocycles. The second kappa shape index (κ2) is 3.97. The smallest absolute Gasteiger partial charge is 0.227 e. The number of aryl methyl sites for hydroxylation is 2. The van der Waals surface area contributed by atoms with E-state index in [0.29, 0.717) is 11.5 Å². The molecule has 2 aromatic heterocycles. The van der Waals surface area contributed by atoms with Gasteiger partial charge in [0.15, 0.2) is 5.82 Å². The number of aromatic nitrogens is 5. The Hall–Kier alpha value is -1.82. The molecular formula is C9H9ClN6. The van der Waals surface area contributed by atoms with E-state index in [1.807, 2.05) is 19.9 Å². The van der Waals surface area contributed by atoms with Crippen LogP contribution in [0.15, 0.2) is 6.07 Å². The van der Waals surface area contributed by atoms with E-state index in [9.17, 15) is 0 Å². The Kier molecular flexibility index (Phi) is 2.66. The number of hydrogen-bond acceptors (Lipinski definition) is 6. The molecule has 6 nitrogen and oxygen atoms in total. The minimum absolute atomic E-state index is 0.0661. The van der Waals surface area contributed by atoms with E-state index in [1.54, 1.807) is 0 Å². The summed E-state index contributed by atoms with van der Waals surface area (Å²) in [6, 6.07) is 1.83. The topological polar surface area (TPSA) is 90.5 Å². The molecule has 0 bridgehead atoms. The third-order valence-electron chi connectivity index (χ3n) is 1.97. The summed E-state index contributed by atoms with van der Waals surface area (Å²) in [5, 5.41) is 7.97. The molecular weight excluding hydrogens is 228 g/mol. The molecule has 0 spiro atoms. The molecule has 0 atom stereocenters. The number of nitrogens with two attached hydrogens (primary N) is 1. The standard InChI is InChI=1S/C9H9ClN6/c1-4-3-6(5(2)16-15-4)7-12-8(10)14-9(11)13-7/h3H,1-2H3,(H2,11,12,13,14). The molecule has 2 N–H and O–H groups in total. The molecule has 0 aliphatic heterocycles. The summed E-state index contributed by atoms with van der Waals surface area (Å²) in [5.41, 5.74) is 7.74. The molecule has 16 heavy (non-hydrogen) atoms. The summed E-state index contributed by atoms with van der Waals surface area (Å²) < 4.78 is 0. The highest BCUT2D eigenvalue weighted by Gasteiger charge is 2.10. The fourth-order valence-electron chi connectivity index (χ4n) is 1.26. The molecule has 0 saturated heterocycles. The summed E-state index contributed by atoms with van der Waals surface area (Å²) in [4.78, 5) is 11.7. The first kappa shape index (κ1) is 10.7. The maximum absolute atomic E-state index is 5.71. The van der Waals surface area contributed by atoms with Crippen molar-refractivity contribution in [2.75, 3.05) is 5.73 Å². The highest BCUT2D eigenvalue weighted by atomic mass is 35.5. The number of rotatable bonds is 1. The zero-order valence-electron chi connectivity index (χ0n) is 8.77. The van der Waals surface area contributed by atoms with Gasteiger partial charge in [-0.15, -0.1) is 0 Å². The van der Waals surface area contributed by atoms with Crippen molar-refractivity contribution in [1.82, 2.24) is 25.1 Å². The molecule has 2 rings (SSSR count). The Labute approximate surface area is 96.9 Å². The fourth-order valence-corrected chi connectivity index (χ4v) is 1.43. The van der Waals surface area contributed by atoms with E-state index in [0.717, 1.165) is 11.3 Å². The van der Waals surface area contributed by atoms with Crippen LogP contribution in [0.2, 0.25) is 5.28 Å². The summed E-state index contributed by atoms with van der Waals surface area (Å²) in [5.74, 6) is 0.497. The predicted octanol–water partition coefficient (Wildman–Crippen LogP) is 1.18. The third kappa shape index (κ3) is 2.06. The lowest BCUT2D eigenvalue weighted by Crippen LogP contribution is -2.02. The molecule has 0 unspecified atom stereocenters. The summed E-state index contributed by atoms with van der Waals surface area (Å²) in [6.07, 6.45) is 0. The Morgan fingerprint density at radius 2 is 1.88 bits per heavy atom. The molecule has 0 amide bonds. The molecule has 0 saturated carbocycles. The Bertz CT molecular complexity index is 521. The average molecular weight is 237 g/mol. The van der Waals surface area contributed by atoms with Gasteiger partial charge in [0.25, 0.3) is 0 Å². The van der Waals surface area contributed by atoms with Gasteiger partial charge in [-0.2, -0.15) is 25.1 Å². The van der Waals surface area contributed by atoms with Gasteiger partial charge in [0.2, 0.25) is 11.2 Å². The second-order valence-corrected chi connectivity index (χ2v) is 3.61. The van der Waals surface area contributed by atoms with Gasteiger partial charge < -0.3 is 5.73 Å². The van der Waals surface area contributed by atoms with Crippen LogP contribution >= 0.6 is 11.6 Å².